The summed E-state index contributed by atoms with van der Waals surface area (Å²) < 4.78 is 5.60. The van der Waals surface area contributed by atoms with E-state index in [0.717, 1.165) is 25.7 Å². The Morgan fingerprint density at radius 2 is 1.95 bits per heavy atom. The fourth-order valence-corrected chi connectivity index (χ4v) is 2.67. The van der Waals surface area contributed by atoms with Crippen LogP contribution >= 0.6 is 0 Å². The average molecular weight is 272 g/mol. The van der Waals surface area contributed by atoms with Crippen LogP contribution in [0.3, 0.4) is 0 Å². The molecule has 108 valence electrons. The molecule has 0 bridgehead atoms. The molecule has 0 aromatic heterocycles. The molecule has 0 aliphatic heterocycles. The smallest absolute Gasteiger partial charge is 0.0781 e. The first-order valence-corrected chi connectivity index (χ1v) is 7.38. The fraction of sp³-hybridized carbons (Fsp3) is 0.556. The second-order valence-corrected chi connectivity index (χ2v) is 6.05. The Kier molecular flexibility index (Phi) is 4.86. The van der Waals surface area contributed by atoms with E-state index in [-0.39, 0.29) is 5.41 Å². The lowest BCUT2D eigenvalue weighted by molar-refractivity contribution is -0.00437. The van der Waals surface area contributed by atoms with E-state index in [2.05, 4.69) is 30.9 Å². The molecular weight excluding hydrogens is 248 g/mol. The van der Waals surface area contributed by atoms with Gasteiger partial charge in [-0.25, -0.2) is 0 Å². The SMILES string of the molecule is CC1(O)CCCC1(C)C#CCCOCc1ccccc1. The third-order valence-electron chi connectivity index (χ3n) is 4.38. The molecule has 2 nitrogen and oxygen atoms in total. The van der Waals surface area contributed by atoms with E-state index < -0.39 is 5.60 Å². The van der Waals surface area contributed by atoms with E-state index in [1.807, 2.05) is 25.1 Å². The molecule has 1 aliphatic rings. The molecular formula is C18H24O2. The van der Waals surface area contributed by atoms with Gasteiger partial charge in [0.15, 0.2) is 0 Å². The second-order valence-electron chi connectivity index (χ2n) is 6.05. The van der Waals surface area contributed by atoms with Gasteiger partial charge < -0.3 is 9.84 Å². The van der Waals surface area contributed by atoms with Crippen LogP contribution in [0.25, 0.3) is 0 Å². The summed E-state index contributed by atoms with van der Waals surface area (Å²) in [5.74, 6) is 6.44. The Balaban J connectivity index is 1.73. The molecule has 1 N–H and O–H groups in total. The Bertz CT molecular complexity index is 481. The molecule has 1 aromatic carbocycles. The van der Waals surface area contributed by atoms with Crippen molar-refractivity contribution in [3.8, 4) is 11.8 Å². The van der Waals surface area contributed by atoms with Crippen LogP contribution in [0, 0.1) is 17.3 Å². The van der Waals surface area contributed by atoms with E-state index >= 15 is 0 Å². The summed E-state index contributed by atoms with van der Waals surface area (Å²) in [6.07, 6.45) is 3.61. The molecule has 2 unspecified atom stereocenters. The van der Waals surface area contributed by atoms with Crippen molar-refractivity contribution < 1.29 is 9.84 Å². The first-order chi connectivity index (χ1) is 9.54. The average Bonchev–Trinajstić information content (AvgIpc) is 2.69. The number of benzene rings is 1. The largest absolute Gasteiger partial charge is 0.389 e. The van der Waals surface area contributed by atoms with Crippen molar-refractivity contribution in [2.24, 2.45) is 5.41 Å². The van der Waals surface area contributed by atoms with Crippen molar-refractivity contribution in [2.75, 3.05) is 6.61 Å². The lowest BCUT2D eigenvalue weighted by Gasteiger charge is -2.31. The van der Waals surface area contributed by atoms with E-state index in [4.69, 9.17) is 4.74 Å². The molecule has 0 amide bonds. The number of hydrogen-bond acceptors (Lipinski definition) is 2. The fourth-order valence-electron chi connectivity index (χ4n) is 2.67. The Hall–Kier alpha value is -1.30. The van der Waals surface area contributed by atoms with Crippen LogP contribution in [0.1, 0.15) is 45.1 Å². The van der Waals surface area contributed by atoms with Gasteiger partial charge in [-0.15, -0.1) is 5.92 Å². The highest BCUT2D eigenvalue weighted by atomic mass is 16.5. The predicted octanol–water partition coefficient (Wildman–Crippen LogP) is 3.54. The van der Waals surface area contributed by atoms with Crippen molar-refractivity contribution in [1.29, 1.82) is 0 Å². The van der Waals surface area contributed by atoms with Gasteiger partial charge in [-0.05, 0) is 38.7 Å². The molecule has 2 heteroatoms. The molecule has 1 saturated carbocycles. The molecule has 1 aromatic rings. The summed E-state index contributed by atoms with van der Waals surface area (Å²) in [7, 11) is 0. The van der Waals surface area contributed by atoms with Gasteiger partial charge in [-0.3, -0.25) is 0 Å². The molecule has 0 radical (unpaired) electrons. The van der Waals surface area contributed by atoms with Gasteiger partial charge in [0.2, 0.25) is 0 Å². The summed E-state index contributed by atoms with van der Waals surface area (Å²) in [5, 5.41) is 10.3. The highest BCUT2D eigenvalue weighted by molar-refractivity contribution is 5.19. The van der Waals surface area contributed by atoms with Crippen molar-refractivity contribution in [3.63, 3.8) is 0 Å². The van der Waals surface area contributed by atoms with E-state index in [0.29, 0.717) is 13.2 Å². The zero-order chi connectivity index (χ0) is 14.5. The van der Waals surface area contributed by atoms with Gasteiger partial charge in [0.25, 0.3) is 0 Å². The first kappa shape index (κ1) is 15.1. The maximum absolute atomic E-state index is 10.3. The number of aliphatic hydroxyl groups is 1. The highest BCUT2D eigenvalue weighted by Gasteiger charge is 2.46. The van der Waals surface area contributed by atoms with Crippen LogP contribution in [0.5, 0.6) is 0 Å². The monoisotopic (exact) mass is 272 g/mol. The van der Waals surface area contributed by atoms with E-state index in [1.54, 1.807) is 0 Å². The quantitative estimate of drug-likeness (QED) is 0.671. The number of hydrogen-bond donors (Lipinski definition) is 1. The molecule has 20 heavy (non-hydrogen) atoms. The van der Waals surface area contributed by atoms with Crippen LogP contribution < -0.4 is 0 Å². The van der Waals surface area contributed by atoms with Crippen LogP contribution in [0.4, 0.5) is 0 Å². The predicted molar refractivity (Wildman–Crippen MR) is 81.1 cm³/mol. The van der Waals surface area contributed by atoms with Crippen LogP contribution in [0.15, 0.2) is 30.3 Å². The minimum atomic E-state index is -0.648. The highest BCUT2D eigenvalue weighted by Crippen LogP contribution is 2.45. The summed E-state index contributed by atoms with van der Waals surface area (Å²) >= 11 is 0. The van der Waals surface area contributed by atoms with Crippen molar-refractivity contribution >= 4 is 0 Å². The van der Waals surface area contributed by atoms with Crippen LogP contribution in [0.2, 0.25) is 0 Å². The third-order valence-corrected chi connectivity index (χ3v) is 4.38. The third kappa shape index (κ3) is 3.62. The zero-order valence-corrected chi connectivity index (χ0v) is 12.5. The standard InChI is InChI=1S/C18H24O2/c1-17(12-8-13-18(17,2)19)11-6-7-14-20-15-16-9-4-3-5-10-16/h3-5,9-10,19H,7-8,12-15H2,1-2H3. The van der Waals surface area contributed by atoms with Crippen LogP contribution in [-0.4, -0.2) is 17.3 Å². The number of rotatable bonds is 4. The minimum absolute atomic E-state index is 0.258. The molecule has 0 saturated heterocycles. The summed E-state index contributed by atoms with van der Waals surface area (Å²) in [6.45, 7) is 5.25. The summed E-state index contributed by atoms with van der Waals surface area (Å²) in [6, 6.07) is 10.1. The Labute approximate surface area is 122 Å². The molecule has 0 spiro atoms. The molecule has 2 rings (SSSR count). The first-order valence-electron chi connectivity index (χ1n) is 7.38. The van der Waals surface area contributed by atoms with Gasteiger partial charge >= 0.3 is 0 Å². The van der Waals surface area contributed by atoms with Crippen molar-refractivity contribution in [3.05, 3.63) is 35.9 Å². The summed E-state index contributed by atoms with van der Waals surface area (Å²) in [4.78, 5) is 0. The number of ether oxygens (including phenoxy) is 1. The van der Waals surface area contributed by atoms with Crippen molar-refractivity contribution in [1.82, 2.24) is 0 Å². The lowest BCUT2D eigenvalue weighted by atomic mass is 9.78. The molecule has 1 fully saturated rings. The Morgan fingerprint density at radius 1 is 1.20 bits per heavy atom. The normalized spacial score (nSPS) is 28.9. The second kappa shape index (κ2) is 6.43. The van der Waals surface area contributed by atoms with Gasteiger partial charge in [-0.1, -0.05) is 36.3 Å². The summed E-state index contributed by atoms with van der Waals surface area (Å²) in [5.41, 5.74) is 0.281. The zero-order valence-electron chi connectivity index (χ0n) is 12.5. The van der Waals surface area contributed by atoms with Gasteiger partial charge in [0.05, 0.1) is 24.2 Å². The molecule has 2 atom stereocenters. The lowest BCUT2D eigenvalue weighted by Crippen LogP contribution is -2.37. The van der Waals surface area contributed by atoms with Gasteiger partial charge in [0, 0.05) is 6.42 Å². The maximum Gasteiger partial charge on any atom is 0.0781 e. The van der Waals surface area contributed by atoms with E-state index in [1.165, 1.54) is 5.56 Å². The van der Waals surface area contributed by atoms with Gasteiger partial charge in [0.1, 0.15) is 0 Å². The maximum atomic E-state index is 10.3. The minimum Gasteiger partial charge on any atom is -0.389 e. The topological polar surface area (TPSA) is 29.5 Å². The van der Waals surface area contributed by atoms with Crippen molar-refractivity contribution in [2.45, 2.75) is 51.7 Å². The molecule has 0 heterocycles. The van der Waals surface area contributed by atoms with Crippen LogP contribution in [-0.2, 0) is 11.3 Å². The van der Waals surface area contributed by atoms with E-state index in [9.17, 15) is 5.11 Å². The van der Waals surface area contributed by atoms with Gasteiger partial charge in [-0.2, -0.15) is 0 Å². The Morgan fingerprint density at radius 3 is 2.60 bits per heavy atom. The molecule has 1 aliphatic carbocycles.